The van der Waals surface area contributed by atoms with Crippen LogP contribution in [-0.4, -0.2) is 89.8 Å². The van der Waals surface area contributed by atoms with E-state index in [0.29, 0.717) is 57.8 Å². The fourth-order valence-electron chi connectivity index (χ4n) is 3.80. The van der Waals surface area contributed by atoms with Crippen LogP contribution in [0.25, 0.3) is 0 Å². The van der Waals surface area contributed by atoms with Crippen molar-refractivity contribution in [3.8, 4) is 0 Å². The first-order chi connectivity index (χ1) is 13.6. The molecule has 2 N–H and O–H groups in total. The van der Waals surface area contributed by atoms with Gasteiger partial charge in [0.25, 0.3) is 5.91 Å². The Labute approximate surface area is 165 Å². The molecule has 0 aliphatic carbocycles. The second kappa shape index (κ2) is 9.95. The van der Waals surface area contributed by atoms with Crippen LogP contribution >= 0.6 is 0 Å². The molecule has 28 heavy (non-hydrogen) atoms. The average molecular weight is 390 g/mol. The van der Waals surface area contributed by atoms with Crippen molar-refractivity contribution in [3.63, 3.8) is 0 Å². The third-order valence-electron chi connectivity index (χ3n) is 5.44. The minimum atomic E-state index is -0.749. The zero-order valence-electron chi connectivity index (χ0n) is 16.3. The van der Waals surface area contributed by atoms with Gasteiger partial charge in [-0.3, -0.25) is 19.5 Å². The van der Waals surface area contributed by atoms with Gasteiger partial charge in [0.15, 0.2) is 0 Å². The molecule has 2 fully saturated rings. The molecule has 0 aromatic carbocycles. The summed E-state index contributed by atoms with van der Waals surface area (Å²) in [4.78, 5) is 32.5. The number of hydrogen-bond donors (Lipinski definition) is 2. The van der Waals surface area contributed by atoms with E-state index in [0.717, 1.165) is 19.5 Å². The number of amides is 2. The zero-order valence-corrected chi connectivity index (χ0v) is 16.3. The van der Waals surface area contributed by atoms with Crippen molar-refractivity contribution in [2.75, 3.05) is 52.5 Å². The van der Waals surface area contributed by atoms with Gasteiger partial charge < -0.3 is 20.1 Å². The lowest BCUT2D eigenvalue weighted by atomic mass is 9.94. The van der Waals surface area contributed by atoms with Gasteiger partial charge >= 0.3 is 0 Å². The van der Waals surface area contributed by atoms with Crippen molar-refractivity contribution in [3.05, 3.63) is 30.1 Å². The number of nitrogens with zero attached hydrogens (tertiary/aromatic N) is 3. The topological polar surface area (TPSA) is 95.0 Å². The van der Waals surface area contributed by atoms with E-state index in [-0.39, 0.29) is 18.2 Å². The third kappa shape index (κ3) is 5.98. The molecule has 1 aromatic heterocycles. The number of rotatable bonds is 6. The van der Waals surface area contributed by atoms with E-state index < -0.39 is 5.60 Å². The Hall–Kier alpha value is -2.03. The van der Waals surface area contributed by atoms with Crippen LogP contribution in [0.1, 0.15) is 36.0 Å². The van der Waals surface area contributed by atoms with Gasteiger partial charge in [0.2, 0.25) is 5.91 Å². The van der Waals surface area contributed by atoms with Crippen molar-refractivity contribution in [2.45, 2.75) is 31.3 Å². The van der Waals surface area contributed by atoms with E-state index in [1.54, 1.807) is 18.3 Å². The van der Waals surface area contributed by atoms with E-state index in [2.05, 4.69) is 15.2 Å². The number of aliphatic hydroxyl groups is 1. The van der Waals surface area contributed by atoms with Crippen LogP contribution in [0.4, 0.5) is 0 Å². The Morgan fingerprint density at radius 3 is 2.79 bits per heavy atom. The van der Waals surface area contributed by atoms with Gasteiger partial charge in [-0.1, -0.05) is 0 Å². The predicted molar refractivity (Wildman–Crippen MR) is 104 cm³/mol. The molecule has 8 heteroatoms. The van der Waals surface area contributed by atoms with Gasteiger partial charge in [0, 0.05) is 58.1 Å². The standard InChI is InChI=1S/C20H30N4O4/c25-18(4-8-22-19(26)17-3-1-7-21-15-17)24-9-2-5-20(27,6-10-24)16-23-11-13-28-14-12-23/h1,3,7,15,27H,2,4-6,8-14,16H2,(H,22,26)/t20-/m1/s1. The van der Waals surface area contributed by atoms with Gasteiger partial charge in [-0.2, -0.15) is 0 Å². The fourth-order valence-corrected chi connectivity index (χ4v) is 3.80. The number of aromatic nitrogens is 1. The van der Waals surface area contributed by atoms with Gasteiger partial charge in [-0.15, -0.1) is 0 Å². The summed E-state index contributed by atoms with van der Waals surface area (Å²) in [6.45, 7) is 5.26. The Kier molecular flexibility index (Phi) is 7.36. The second-order valence-electron chi connectivity index (χ2n) is 7.59. The minimum absolute atomic E-state index is 0.0158. The quantitative estimate of drug-likeness (QED) is 0.724. The molecule has 1 atom stereocenters. The molecule has 2 aliphatic heterocycles. The number of hydrogen-bond acceptors (Lipinski definition) is 6. The summed E-state index contributed by atoms with van der Waals surface area (Å²) in [6.07, 6.45) is 5.44. The molecule has 2 amide bonds. The van der Waals surface area contributed by atoms with E-state index >= 15 is 0 Å². The average Bonchev–Trinajstić information content (AvgIpc) is 2.91. The summed E-state index contributed by atoms with van der Waals surface area (Å²) in [5, 5.41) is 13.8. The van der Waals surface area contributed by atoms with E-state index in [9.17, 15) is 14.7 Å². The maximum atomic E-state index is 12.5. The lowest BCUT2D eigenvalue weighted by molar-refractivity contribution is -0.131. The molecule has 3 rings (SSSR count). The Balaban J connectivity index is 1.41. The molecule has 0 bridgehead atoms. The first-order valence-corrected chi connectivity index (χ1v) is 10.0. The molecule has 0 spiro atoms. The summed E-state index contributed by atoms with van der Waals surface area (Å²) in [5.74, 6) is -0.209. The molecular weight excluding hydrogens is 360 g/mol. The summed E-state index contributed by atoms with van der Waals surface area (Å²) in [6, 6.07) is 3.39. The van der Waals surface area contributed by atoms with E-state index in [1.807, 2.05) is 4.90 Å². The first-order valence-electron chi connectivity index (χ1n) is 10.0. The predicted octanol–water partition coefficient (Wildman–Crippen LogP) is 0.277. The normalized spacial score (nSPS) is 23.8. The monoisotopic (exact) mass is 390 g/mol. The van der Waals surface area contributed by atoms with Crippen molar-refractivity contribution in [1.82, 2.24) is 20.1 Å². The van der Waals surface area contributed by atoms with Crippen LogP contribution in [0.5, 0.6) is 0 Å². The number of β-amino-alcohol motifs (C(OH)–C–C–N with tert-alkyl or cyclic N) is 1. The van der Waals surface area contributed by atoms with Gasteiger partial charge in [-0.05, 0) is 31.4 Å². The van der Waals surface area contributed by atoms with Crippen LogP contribution in [0.3, 0.4) is 0 Å². The molecule has 1 aromatic rings. The summed E-state index contributed by atoms with van der Waals surface area (Å²) < 4.78 is 5.37. The van der Waals surface area contributed by atoms with Crippen molar-refractivity contribution in [1.29, 1.82) is 0 Å². The number of pyridine rings is 1. The van der Waals surface area contributed by atoms with Crippen LogP contribution in [0, 0.1) is 0 Å². The summed E-state index contributed by atoms with van der Waals surface area (Å²) in [5.41, 5.74) is -0.265. The molecule has 154 valence electrons. The number of morpholine rings is 1. The Morgan fingerprint density at radius 2 is 2.04 bits per heavy atom. The van der Waals surface area contributed by atoms with Crippen LogP contribution in [0.15, 0.2) is 24.5 Å². The lowest BCUT2D eigenvalue weighted by Gasteiger charge is -2.35. The van der Waals surface area contributed by atoms with E-state index in [4.69, 9.17) is 4.74 Å². The maximum absolute atomic E-state index is 12.5. The minimum Gasteiger partial charge on any atom is -0.388 e. The SMILES string of the molecule is O=C(NCCC(=O)N1CCC[C@](O)(CN2CCOCC2)CC1)c1cccnc1. The van der Waals surface area contributed by atoms with E-state index in [1.165, 1.54) is 6.20 Å². The van der Waals surface area contributed by atoms with Crippen LogP contribution in [-0.2, 0) is 9.53 Å². The Bertz CT molecular complexity index is 651. The highest BCUT2D eigenvalue weighted by Crippen LogP contribution is 2.24. The van der Waals surface area contributed by atoms with Crippen LogP contribution < -0.4 is 5.32 Å². The fraction of sp³-hybridized carbons (Fsp3) is 0.650. The molecule has 3 heterocycles. The highest BCUT2D eigenvalue weighted by atomic mass is 16.5. The number of likely N-dealkylation sites (tertiary alicyclic amines) is 1. The number of nitrogens with one attached hydrogen (secondary N) is 1. The molecule has 2 aliphatic rings. The van der Waals surface area contributed by atoms with Gasteiger partial charge in [-0.25, -0.2) is 0 Å². The zero-order chi connectivity index (χ0) is 19.8. The highest BCUT2D eigenvalue weighted by Gasteiger charge is 2.33. The third-order valence-corrected chi connectivity index (χ3v) is 5.44. The maximum Gasteiger partial charge on any atom is 0.252 e. The van der Waals surface area contributed by atoms with Gasteiger partial charge in [0.05, 0.1) is 24.4 Å². The summed E-state index contributed by atoms with van der Waals surface area (Å²) >= 11 is 0. The molecular formula is C20H30N4O4. The molecule has 2 saturated heterocycles. The van der Waals surface area contributed by atoms with Crippen molar-refractivity contribution in [2.24, 2.45) is 0 Å². The largest absolute Gasteiger partial charge is 0.388 e. The second-order valence-corrected chi connectivity index (χ2v) is 7.59. The molecule has 0 radical (unpaired) electrons. The first kappa shape index (κ1) is 20.7. The van der Waals surface area contributed by atoms with Crippen LogP contribution in [0.2, 0.25) is 0 Å². The molecule has 8 nitrogen and oxygen atoms in total. The summed E-state index contributed by atoms with van der Waals surface area (Å²) in [7, 11) is 0. The number of ether oxygens (including phenoxy) is 1. The lowest BCUT2D eigenvalue weighted by Crippen LogP contribution is -2.48. The van der Waals surface area contributed by atoms with Gasteiger partial charge in [0.1, 0.15) is 0 Å². The number of carbonyl (C=O) groups is 2. The smallest absolute Gasteiger partial charge is 0.252 e. The van der Waals surface area contributed by atoms with Crippen molar-refractivity contribution >= 4 is 11.8 Å². The van der Waals surface area contributed by atoms with Crippen molar-refractivity contribution < 1.29 is 19.4 Å². The Morgan fingerprint density at radius 1 is 1.21 bits per heavy atom. The highest BCUT2D eigenvalue weighted by molar-refractivity contribution is 5.94. The number of carbonyl (C=O) groups excluding carboxylic acids is 2. The molecule has 0 unspecified atom stereocenters. The molecule has 0 saturated carbocycles.